The fourth-order valence-corrected chi connectivity index (χ4v) is 6.99. The van der Waals surface area contributed by atoms with Gasteiger partial charge in [0.25, 0.3) is 0 Å². The largest absolute Gasteiger partial charge is 0.385 e. The second-order valence-electron chi connectivity index (χ2n) is 10.5. The van der Waals surface area contributed by atoms with Crippen LogP contribution in [0.25, 0.3) is 0 Å². The van der Waals surface area contributed by atoms with Crippen LogP contribution in [-0.2, 0) is 15.0 Å². The standard InChI is InChI=1S/C26H34FNO4S/c1-16-13-23-17(2)25(4,29)26(11-12-26)18(3)24(23)22(16)10-7-20(14-28)32-15-19-5-8-21(9-6-19)33(27,30)31/h13,19-21,29H,2,5-12,15H2,1,3-4H3. The Morgan fingerprint density at radius 1 is 1.30 bits per heavy atom. The van der Waals surface area contributed by atoms with Gasteiger partial charge in [0, 0.05) is 5.41 Å². The molecule has 1 N–H and O–H groups in total. The van der Waals surface area contributed by atoms with Crippen molar-refractivity contribution in [2.75, 3.05) is 6.61 Å². The van der Waals surface area contributed by atoms with Crippen LogP contribution in [0.15, 0.2) is 46.1 Å². The fraction of sp³-hybridized carbons (Fsp3) is 0.654. The smallest absolute Gasteiger partial charge is 0.305 e. The number of fused-ring (bicyclic) bond motifs is 1. The molecule has 0 aliphatic heterocycles. The molecule has 4 aliphatic rings. The van der Waals surface area contributed by atoms with Gasteiger partial charge in [-0.2, -0.15) is 13.7 Å². The SMILES string of the molecule is C=C1C2=CC(C)=C(CCC(C#N)OCC3CCC(S(=O)(=O)F)CC3)C2=C(C)C2(CC2)C1(C)O. The molecular formula is C26H34FNO4S. The van der Waals surface area contributed by atoms with Gasteiger partial charge in [0.15, 0.2) is 0 Å². The molecule has 180 valence electrons. The Morgan fingerprint density at radius 3 is 2.48 bits per heavy atom. The number of ether oxygens (including phenoxy) is 1. The van der Waals surface area contributed by atoms with Gasteiger partial charge in [0.1, 0.15) is 6.10 Å². The Bertz CT molecular complexity index is 1090. The summed E-state index contributed by atoms with van der Waals surface area (Å²) in [6.45, 7) is 10.7. The van der Waals surface area contributed by atoms with E-state index in [-0.39, 0.29) is 11.3 Å². The van der Waals surface area contributed by atoms with Crippen LogP contribution in [0, 0.1) is 22.7 Å². The van der Waals surface area contributed by atoms with Crippen LogP contribution >= 0.6 is 0 Å². The first-order valence-corrected chi connectivity index (χ1v) is 13.4. The van der Waals surface area contributed by atoms with Crippen LogP contribution in [0.4, 0.5) is 3.89 Å². The Morgan fingerprint density at radius 2 is 1.94 bits per heavy atom. The van der Waals surface area contributed by atoms with Gasteiger partial charge in [-0.15, -0.1) is 3.89 Å². The predicted octanol–water partition coefficient (Wildman–Crippen LogP) is 5.21. The summed E-state index contributed by atoms with van der Waals surface area (Å²) in [5.74, 6) is 0.156. The molecular weight excluding hydrogens is 441 g/mol. The first-order chi connectivity index (χ1) is 15.4. The molecule has 2 atom stereocenters. The number of halogens is 1. The van der Waals surface area contributed by atoms with E-state index in [1.807, 2.05) is 6.92 Å². The summed E-state index contributed by atoms with van der Waals surface area (Å²) in [4.78, 5) is 0. The van der Waals surface area contributed by atoms with Crippen LogP contribution in [-0.4, -0.2) is 37.1 Å². The molecule has 0 amide bonds. The molecule has 0 saturated heterocycles. The maximum atomic E-state index is 13.2. The van der Waals surface area contributed by atoms with Crippen molar-refractivity contribution in [2.45, 2.75) is 89.1 Å². The number of nitrogens with zero attached hydrogens (tertiary/aromatic N) is 1. The highest BCUT2D eigenvalue weighted by molar-refractivity contribution is 7.87. The summed E-state index contributed by atoms with van der Waals surface area (Å²) in [7, 11) is -4.47. The zero-order valence-electron chi connectivity index (χ0n) is 19.8. The van der Waals surface area contributed by atoms with Gasteiger partial charge in [-0.25, -0.2) is 0 Å². The van der Waals surface area contributed by atoms with Crippen molar-refractivity contribution in [2.24, 2.45) is 11.3 Å². The molecule has 0 heterocycles. The summed E-state index contributed by atoms with van der Waals surface area (Å²) >= 11 is 0. The van der Waals surface area contributed by atoms with Crippen LogP contribution in [0.5, 0.6) is 0 Å². The highest BCUT2D eigenvalue weighted by atomic mass is 32.3. The molecule has 2 fully saturated rings. The highest BCUT2D eigenvalue weighted by Crippen LogP contribution is 2.67. The lowest BCUT2D eigenvalue weighted by Crippen LogP contribution is -2.43. The van der Waals surface area contributed by atoms with Gasteiger partial charge in [0.05, 0.1) is 23.5 Å². The number of allylic oxidation sites excluding steroid dienone is 4. The first-order valence-electron chi connectivity index (χ1n) is 11.9. The minimum atomic E-state index is -4.47. The third-order valence-corrected chi connectivity index (χ3v) is 9.89. The van der Waals surface area contributed by atoms with Crippen LogP contribution in [0.3, 0.4) is 0 Å². The topological polar surface area (TPSA) is 87.4 Å². The summed E-state index contributed by atoms with van der Waals surface area (Å²) in [5, 5.41) is 20.0. The summed E-state index contributed by atoms with van der Waals surface area (Å²) < 4.78 is 41.3. The number of aliphatic hydroxyl groups is 1. The van der Waals surface area contributed by atoms with Crippen molar-refractivity contribution in [3.63, 3.8) is 0 Å². The molecule has 0 bridgehead atoms. The van der Waals surface area contributed by atoms with E-state index < -0.39 is 27.2 Å². The lowest BCUT2D eigenvalue weighted by Gasteiger charge is -2.42. The second kappa shape index (κ2) is 8.48. The average Bonchev–Trinajstić information content (AvgIpc) is 3.51. The molecule has 2 unspecified atom stereocenters. The quantitative estimate of drug-likeness (QED) is 0.511. The van der Waals surface area contributed by atoms with Gasteiger partial charge >= 0.3 is 10.2 Å². The summed E-state index contributed by atoms with van der Waals surface area (Å²) in [6.07, 6.45) is 6.57. The molecule has 1 spiro atoms. The van der Waals surface area contributed by atoms with Crippen molar-refractivity contribution in [1.82, 2.24) is 0 Å². The van der Waals surface area contributed by atoms with Crippen molar-refractivity contribution in [3.8, 4) is 6.07 Å². The van der Waals surface area contributed by atoms with Gasteiger partial charge < -0.3 is 9.84 Å². The van der Waals surface area contributed by atoms with Crippen molar-refractivity contribution in [1.29, 1.82) is 5.26 Å². The zero-order valence-corrected chi connectivity index (χ0v) is 20.6. The Balaban J connectivity index is 1.38. The van der Waals surface area contributed by atoms with Gasteiger partial charge in [-0.1, -0.05) is 18.2 Å². The molecule has 4 rings (SSSR count). The number of hydrogen-bond donors (Lipinski definition) is 1. The molecule has 0 aromatic carbocycles. The molecule has 0 radical (unpaired) electrons. The van der Waals surface area contributed by atoms with E-state index in [4.69, 9.17) is 4.74 Å². The maximum absolute atomic E-state index is 13.2. The van der Waals surface area contributed by atoms with Gasteiger partial charge in [-0.3, -0.25) is 0 Å². The van der Waals surface area contributed by atoms with E-state index >= 15 is 0 Å². The lowest BCUT2D eigenvalue weighted by molar-refractivity contribution is 0.0361. The van der Waals surface area contributed by atoms with Crippen molar-refractivity contribution in [3.05, 3.63) is 46.1 Å². The van der Waals surface area contributed by atoms with E-state index in [0.29, 0.717) is 45.1 Å². The Hall–Kier alpha value is -1.75. The molecule has 0 aromatic rings. The van der Waals surface area contributed by atoms with E-state index in [1.54, 1.807) is 0 Å². The number of nitriles is 1. The van der Waals surface area contributed by atoms with Crippen LogP contribution in [0.1, 0.15) is 72.1 Å². The predicted molar refractivity (Wildman–Crippen MR) is 125 cm³/mol. The normalized spacial score (nSPS) is 32.0. The molecule has 5 nitrogen and oxygen atoms in total. The molecule has 4 aliphatic carbocycles. The molecule has 7 heteroatoms. The summed E-state index contributed by atoms with van der Waals surface area (Å²) in [5.41, 5.74) is 5.45. The van der Waals surface area contributed by atoms with E-state index in [1.165, 1.54) is 16.7 Å². The third kappa shape index (κ3) is 4.15. The minimum Gasteiger partial charge on any atom is -0.385 e. The van der Waals surface area contributed by atoms with Crippen molar-refractivity contribution >= 4 is 10.2 Å². The van der Waals surface area contributed by atoms with E-state index in [2.05, 4.69) is 32.6 Å². The average molecular weight is 476 g/mol. The van der Waals surface area contributed by atoms with E-state index in [9.17, 15) is 22.7 Å². The monoisotopic (exact) mass is 475 g/mol. The number of rotatable bonds is 7. The fourth-order valence-electron chi connectivity index (χ4n) is 6.16. The van der Waals surface area contributed by atoms with Gasteiger partial charge in [0.2, 0.25) is 0 Å². The molecule has 2 saturated carbocycles. The van der Waals surface area contributed by atoms with Crippen molar-refractivity contribution < 1.29 is 22.1 Å². The zero-order chi connectivity index (χ0) is 24.2. The minimum absolute atomic E-state index is 0.156. The Kier molecular flexibility index (Phi) is 6.26. The number of hydrogen-bond acceptors (Lipinski definition) is 5. The lowest BCUT2D eigenvalue weighted by atomic mass is 9.65. The Labute approximate surface area is 196 Å². The first kappa shape index (κ1) is 24.4. The van der Waals surface area contributed by atoms with E-state index in [0.717, 1.165) is 29.6 Å². The molecule has 0 aromatic heterocycles. The van der Waals surface area contributed by atoms with Crippen LogP contribution in [0.2, 0.25) is 0 Å². The second-order valence-corrected chi connectivity index (χ2v) is 12.1. The molecule has 33 heavy (non-hydrogen) atoms. The van der Waals surface area contributed by atoms with Gasteiger partial charge in [-0.05, 0) is 106 Å². The third-order valence-electron chi connectivity index (χ3n) is 8.62. The van der Waals surface area contributed by atoms with Crippen LogP contribution < -0.4 is 0 Å². The summed E-state index contributed by atoms with van der Waals surface area (Å²) in [6, 6.07) is 2.26. The highest BCUT2D eigenvalue weighted by Gasteiger charge is 2.62. The maximum Gasteiger partial charge on any atom is 0.305 e.